The largest absolute Gasteiger partial charge is 0.394 e. The third-order valence-electron chi connectivity index (χ3n) is 3.17. The minimum Gasteiger partial charge on any atom is -0.394 e. The van der Waals surface area contributed by atoms with E-state index >= 15 is 0 Å². The number of rotatable bonds is 4. The van der Waals surface area contributed by atoms with Crippen molar-refractivity contribution in [2.45, 2.75) is 31.5 Å². The molecule has 0 spiro atoms. The third-order valence-corrected chi connectivity index (χ3v) is 3.17. The monoisotopic (exact) mass is 299 g/mol. The molecule has 0 radical (unpaired) electrons. The summed E-state index contributed by atoms with van der Waals surface area (Å²) in [5.41, 5.74) is -0.668. The summed E-state index contributed by atoms with van der Waals surface area (Å²) in [6.45, 7) is 0.903. The zero-order valence-electron chi connectivity index (χ0n) is 11.6. The standard InChI is InChI=1S/C12H17N3O6/c1-6(17)13-8-3-4-15(12(19)14-8)11-10(20-2)9(18)7(5-16)21-11/h3-4,7,9-11,16,18H,5H2,1-2H3,(H,13,14,17,19)/t7-,9-,10-,11-/m1/s1. The Kier molecular flexibility index (Phi) is 4.68. The molecule has 0 aliphatic carbocycles. The molecule has 1 aliphatic heterocycles. The Hall–Kier alpha value is -1.81. The van der Waals surface area contributed by atoms with Crippen LogP contribution >= 0.6 is 0 Å². The molecule has 0 aromatic carbocycles. The molecule has 1 saturated heterocycles. The molecule has 0 saturated carbocycles. The Labute approximate surface area is 120 Å². The minimum absolute atomic E-state index is 0.120. The van der Waals surface area contributed by atoms with Gasteiger partial charge in [-0.05, 0) is 6.07 Å². The number of anilines is 1. The summed E-state index contributed by atoms with van der Waals surface area (Å²) in [5, 5.41) is 21.5. The van der Waals surface area contributed by atoms with Crippen LogP contribution in [0.2, 0.25) is 0 Å². The molecule has 116 valence electrons. The predicted molar refractivity (Wildman–Crippen MR) is 70.6 cm³/mol. The first kappa shape index (κ1) is 15.6. The second-order valence-electron chi connectivity index (χ2n) is 4.62. The predicted octanol–water partition coefficient (Wildman–Crippen LogP) is -1.53. The average Bonchev–Trinajstić information content (AvgIpc) is 2.74. The van der Waals surface area contributed by atoms with Crippen molar-refractivity contribution in [3.05, 3.63) is 22.7 Å². The Morgan fingerprint density at radius 2 is 2.33 bits per heavy atom. The van der Waals surface area contributed by atoms with E-state index in [0.29, 0.717) is 0 Å². The first-order valence-electron chi connectivity index (χ1n) is 6.32. The van der Waals surface area contributed by atoms with Crippen LogP contribution in [0.3, 0.4) is 0 Å². The molecule has 1 fully saturated rings. The van der Waals surface area contributed by atoms with Gasteiger partial charge in [0.25, 0.3) is 0 Å². The molecule has 1 amide bonds. The van der Waals surface area contributed by atoms with E-state index in [1.165, 1.54) is 26.3 Å². The van der Waals surface area contributed by atoms with Crippen LogP contribution in [0, 0.1) is 0 Å². The second kappa shape index (κ2) is 6.31. The molecule has 0 bridgehead atoms. The Morgan fingerprint density at radius 3 is 2.86 bits per heavy atom. The van der Waals surface area contributed by atoms with Crippen molar-refractivity contribution < 1.29 is 24.5 Å². The van der Waals surface area contributed by atoms with Crippen LogP contribution in [-0.2, 0) is 14.3 Å². The quantitative estimate of drug-likeness (QED) is 0.616. The van der Waals surface area contributed by atoms with Gasteiger partial charge in [0, 0.05) is 20.2 Å². The number of carbonyl (C=O) groups excluding carboxylic acids is 1. The van der Waals surface area contributed by atoms with Gasteiger partial charge in [-0.1, -0.05) is 0 Å². The number of carbonyl (C=O) groups is 1. The summed E-state index contributed by atoms with van der Waals surface area (Å²) in [6.07, 6.45) is -2.25. The number of amides is 1. The fourth-order valence-corrected chi connectivity index (χ4v) is 2.20. The summed E-state index contributed by atoms with van der Waals surface area (Å²) in [7, 11) is 1.37. The zero-order chi connectivity index (χ0) is 15.6. The maximum Gasteiger partial charge on any atom is 0.351 e. The lowest BCUT2D eigenvalue weighted by atomic mass is 10.1. The summed E-state index contributed by atoms with van der Waals surface area (Å²) in [6, 6.07) is 1.43. The zero-order valence-corrected chi connectivity index (χ0v) is 11.6. The van der Waals surface area contributed by atoms with E-state index in [2.05, 4.69) is 10.3 Å². The van der Waals surface area contributed by atoms with Gasteiger partial charge in [0.15, 0.2) is 6.23 Å². The van der Waals surface area contributed by atoms with E-state index in [1.54, 1.807) is 0 Å². The van der Waals surface area contributed by atoms with Crippen LogP contribution in [0.15, 0.2) is 17.1 Å². The molecule has 1 aliphatic rings. The number of aliphatic hydroxyl groups excluding tert-OH is 2. The SMILES string of the molecule is CO[C@@H]1[C@H](O)[C@@H](CO)O[C@H]1n1ccc(NC(C)=O)nc1=O. The van der Waals surface area contributed by atoms with Gasteiger partial charge < -0.3 is 25.0 Å². The summed E-state index contributed by atoms with van der Waals surface area (Å²) >= 11 is 0. The van der Waals surface area contributed by atoms with E-state index in [-0.39, 0.29) is 11.7 Å². The van der Waals surface area contributed by atoms with Crippen molar-refractivity contribution in [2.24, 2.45) is 0 Å². The van der Waals surface area contributed by atoms with E-state index in [0.717, 1.165) is 4.57 Å². The van der Waals surface area contributed by atoms with Gasteiger partial charge in [-0.15, -0.1) is 0 Å². The number of aromatic nitrogens is 2. The highest BCUT2D eigenvalue weighted by Gasteiger charge is 2.45. The summed E-state index contributed by atoms with van der Waals surface area (Å²) in [5.74, 6) is -0.225. The third kappa shape index (κ3) is 3.10. The smallest absolute Gasteiger partial charge is 0.351 e. The molecule has 9 heteroatoms. The first-order chi connectivity index (χ1) is 9.97. The lowest BCUT2D eigenvalue weighted by molar-refractivity contribution is -0.114. The number of hydrogen-bond acceptors (Lipinski definition) is 7. The number of nitrogens with zero attached hydrogens (tertiary/aromatic N) is 2. The fraction of sp³-hybridized carbons (Fsp3) is 0.583. The molecule has 21 heavy (non-hydrogen) atoms. The second-order valence-corrected chi connectivity index (χ2v) is 4.62. The first-order valence-corrected chi connectivity index (χ1v) is 6.32. The molecular weight excluding hydrogens is 282 g/mol. The van der Waals surface area contributed by atoms with E-state index in [1.807, 2.05) is 0 Å². The Bertz CT molecular complexity index is 574. The summed E-state index contributed by atoms with van der Waals surface area (Å²) < 4.78 is 11.7. The fourth-order valence-electron chi connectivity index (χ4n) is 2.20. The molecule has 2 rings (SSSR count). The van der Waals surface area contributed by atoms with Gasteiger partial charge in [0.2, 0.25) is 5.91 Å². The van der Waals surface area contributed by atoms with Gasteiger partial charge >= 0.3 is 5.69 Å². The van der Waals surface area contributed by atoms with Gasteiger partial charge in [-0.2, -0.15) is 4.98 Å². The number of hydrogen-bond donors (Lipinski definition) is 3. The number of ether oxygens (including phenoxy) is 2. The normalized spacial score (nSPS) is 28.6. The van der Waals surface area contributed by atoms with E-state index < -0.39 is 36.8 Å². The number of aliphatic hydroxyl groups is 2. The van der Waals surface area contributed by atoms with Crippen molar-refractivity contribution in [3.8, 4) is 0 Å². The Morgan fingerprint density at radius 1 is 1.62 bits per heavy atom. The van der Waals surface area contributed by atoms with Crippen LogP contribution in [-0.4, -0.2) is 57.7 Å². The molecule has 4 atom stereocenters. The molecule has 1 aromatic heterocycles. The highest BCUT2D eigenvalue weighted by atomic mass is 16.6. The molecule has 2 heterocycles. The van der Waals surface area contributed by atoms with Crippen LogP contribution in [0.5, 0.6) is 0 Å². The highest BCUT2D eigenvalue weighted by molar-refractivity contribution is 5.87. The molecule has 1 aromatic rings. The van der Waals surface area contributed by atoms with Crippen LogP contribution < -0.4 is 11.0 Å². The van der Waals surface area contributed by atoms with Crippen molar-refractivity contribution >= 4 is 11.7 Å². The van der Waals surface area contributed by atoms with Crippen LogP contribution in [0.25, 0.3) is 0 Å². The maximum absolute atomic E-state index is 12.0. The van der Waals surface area contributed by atoms with Crippen molar-refractivity contribution in [1.82, 2.24) is 9.55 Å². The van der Waals surface area contributed by atoms with Crippen molar-refractivity contribution in [3.63, 3.8) is 0 Å². The van der Waals surface area contributed by atoms with Gasteiger partial charge in [0.1, 0.15) is 24.1 Å². The number of nitrogens with one attached hydrogen (secondary N) is 1. The topological polar surface area (TPSA) is 123 Å². The average molecular weight is 299 g/mol. The van der Waals surface area contributed by atoms with Crippen molar-refractivity contribution in [1.29, 1.82) is 0 Å². The molecule has 3 N–H and O–H groups in total. The van der Waals surface area contributed by atoms with Gasteiger partial charge in [-0.25, -0.2) is 4.79 Å². The Balaban J connectivity index is 2.29. The highest BCUT2D eigenvalue weighted by Crippen LogP contribution is 2.30. The van der Waals surface area contributed by atoms with Crippen molar-refractivity contribution in [2.75, 3.05) is 19.0 Å². The minimum atomic E-state index is -1.06. The maximum atomic E-state index is 12.0. The molecular formula is C12H17N3O6. The van der Waals surface area contributed by atoms with E-state index in [4.69, 9.17) is 14.6 Å². The molecule has 0 unspecified atom stereocenters. The lowest BCUT2D eigenvalue weighted by Crippen LogP contribution is -2.37. The van der Waals surface area contributed by atoms with E-state index in [9.17, 15) is 14.7 Å². The molecule has 9 nitrogen and oxygen atoms in total. The summed E-state index contributed by atoms with van der Waals surface area (Å²) in [4.78, 5) is 26.6. The van der Waals surface area contributed by atoms with Gasteiger partial charge in [-0.3, -0.25) is 9.36 Å². The van der Waals surface area contributed by atoms with Gasteiger partial charge in [0.05, 0.1) is 6.61 Å². The number of methoxy groups -OCH3 is 1. The van der Waals surface area contributed by atoms with Crippen LogP contribution in [0.4, 0.5) is 5.82 Å². The van der Waals surface area contributed by atoms with Crippen LogP contribution in [0.1, 0.15) is 13.2 Å². The lowest BCUT2D eigenvalue weighted by Gasteiger charge is -2.20.